The zero-order valence-electron chi connectivity index (χ0n) is 7.62. The Hall–Kier alpha value is -0.190. The van der Waals surface area contributed by atoms with Gasteiger partial charge in [-0.1, -0.05) is 0 Å². The van der Waals surface area contributed by atoms with E-state index in [1.54, 1.807) is 11.3 Å². The molecule has 1 aromatic rings. The second kappa shape index (κ2) is 6.29. The summed E-state index contributed by atoms with van der Waals surface area (Å²) in [6.45, 7) is 3.58. The Kier molecular flexibility index (Phi) is 5.27. The highest BCUT2D eigenvalue weighted by molar-refractivity contribution is 7.11. The monoisotopic (exact) mass is 220 g/mol. The number of ether oxygens (including phenoxy) is 1. The molecule has 0 radical (unpaired) electrons. The number of hydrogen-bond acceptors (Lipinski definition) is 4. The Morgan fingerprint density at radius 2 is 2.15 bits per heavy atom. The third-order valence-electron chi connectivity index (χ3n) is 1.51. The maximum atomic E-state index is 5.61. The van der Waals surface area contributed by atoms with E-state index in [4.69, 9.17) is 16.3 Å². The predicted molar refractivity (Wildman–Crippen MR) is 54.3 cm³/mol. The fraction of sp³-hybridized carbons (Fsp3) is 0.750. The summed E-state index contributed by atoms with van der Waals surface area (Å²) in [6.07, 6.45) is 1.94. The summed E-state index contributed by atoms with van der Waals surface area (Å²) in [5, 5.41) is 9.89. The molecule has 0 N–H and O–H groups in total. The molecule has 0 unspecified atom stereocenters. The van der Waals surface area contributed by atoms with E-state index < -0.39 is 0 Å². The predicted octanol–water partition coefficient (Wildman–Crippen LogP) is 2.25. The summed E-state index contributed by atoms with van der Waals surface area (Å²) in [7, 11) is 0. The molecule has 0 bridgehead atoms. The van der Waals surface area contributed by atoms with Crippen LogP contribution >= 0.6 is 22.9 Å². The normalized spacial score (nSPS) is 10.6. The molecule has 0 aliphatic rings. The third kappa shape index (κ3) is 4.02. The number of hydrogen-bond donors (Lipinski definition) is 0. The molecule has 0 saturated carbocycles. The lowest BCUT2D eigenvalue weighted by Crippen LogP contribution is -1.95. The molecule has 0 aliphatic heterocycles. The van der Waals surface area contributed by atoms with Crippen molar-refractivity contribution < 1.29 is 4.74 Å². The number of rotatable bonds is 6. The van der Waals surface area contributed by atoms with Crippen molar-refractivity contribution in [3.8, 4) is 0 Å². The smallest absolute Gasteiger partial charge is 0.132 e. The second-order valence-corrected chi connectivity index (χ2v) is 3.94. The first-order valence-electron chi connectivity index (χ1n) is 4.31. The van der Waals surface area contributed by atoms with Crippen LogP contribution in [-0.2, 0) is 17.0 Å². The molecule has 1 rings (SSSR count). The van der Waals surface area contributed by atoms with Crippen LogP contribution in [0.15, 0.2) is 0 Å². The molecule has 5 heteroatoms. The topological polar surface area (TPSA) is 35.0 Å². The maximum Gasteiger partial charge on any atom is 0.132 e. The van der Waals surface area contributed by atoms with Crippen LogP contribution < -0.4 is 0 Å². The van der Waals surface area contributed by atoms with Gasteiger partial charge in [-0.05, 0) is 13.3 Å². The molecule has 0 saturated heterocycles. The molecule has 0 amide bonds. The van der Waals surface area contributed by atoms with Crippen molar-refractivity contribution in [2.24, 2.45) is 0 Å². The maximum absolute atomic E-state index is 5.61. The SMILES string of the molecule is CCOCCCc1nnc(CCl)s1. The molecular weight excluding hydrogens is 208 g/mol. The number of halogens is 1. The first kappa shape index (κ1) is 10.9. The molecule has 3 nitrogen and oxygen atoms in total. The summed E-state index contributed by atoms with van der Waals surface area (Å²) in [5.41, 5.74) is 0. The van der Waals surface area contributed by atoms with E-state index >= 15 is 0 Å². The van der Waals surface area contributed by atoms with Gasteiger partial charge in [0.25, 0.3) is 0 Å². The van der Waals surface area contributed by atoms with Crippen molar-refractivity contribution in [1.29, 1.82) is 0 Å². The minimum atomic E-state index is 0.461. The van der Waals surface area contributed by atoms with E-state index in [1.165, 1.54) is 0 Å². The summed E-state index contributed by atoms with van der Waals surface area (Å²) in [5.74, 6) is 0.461. The minimum absolute atomic E-state index is 0.461. The molecule has 74 valence electrons. The Labute approximate surface area is 87.1 Å². The van der Waals surface area contributed by atoms with Crippen molar-refractivity contribution >= 4 is 22.9 Å². The first-order chi connectivity index (χ1) is 6.36. The first-order valence-corrected chi connectivity index (χ1v) is 5.67. The van der Waals surface area contributed by atoms with Crippen LogP contribution in [0.25, 0.3) is 0 Å². The standard InChI is InChI=1S/C8H13ClN2OS/c1-2-12-5-3-4-7-10-11-8(6-9)13-7/h2-6H2,1H3. The van der Waals surface area contributed by atoms with Gasteiger partial charge in [0.1, 0.15) is 10.0 Å². The average Bonchev–Trinajstić information content (AvgIpc) is 2.60. The summed E-state index contributed by atoms with van der Waals surface area (Å²) in [6, 6.07) is 0. The molecule has 0 fully saturated rings. The van der Waals surface area contributed by atoms with Gasteiger partial charge in [-0.15, -0.1) is 33.1 Å². The Balaban J connectivity index is 2.20. The molecule has 1 heterocycles. The van der Waals surface area contributed by atoms with Crippen LogP contribution in [0.4, 0.5) is 0 Å². The lowest BCUT2D eigenvalue weighted by atomic mass is 10.3. The van der Waals surface area contributed by atoms with Crippen LogP contribution in [0.5, 0.6) is 0 Å². The van der Waals surface area contributed by atoms with Gasteiger partial charge in [-0.25, -0.2) is 0 Å². The fourth-order valence-electron chi connectivity index (χ4n) is 0.913. The van der Waals surface area contributed by atoms with E-state index in [1.807, 2.05) is 6.92 Å². The van der Waals surface area contributed by atoms with Gasteiger partial charge in [0.05, 0.1) is 5.88 Å². The van der Waals surface area contributed by atoms with Crippen molar-refractivity contribution in [2.75, 3.05) is 13.2 Å². The third-order valence-corrected chi connectivity index (χ3v) is 2.90. The molecule has 13 heavy (non-hydrogen) atoms. The Bertz CT molecular complexity index is 242. The van der Waals surface area contributed by atoms with E-state index in [0.717, 1.165) is 36.1 Å². The Morgan fingerprint density at radius 1 is 1.38 bits per heavy atom. The van der Waals surface area contributed by atoms with Gasteiger partial charge in [-0.3, -0.25) is 0 Å². The van der Waals surface area contributed by atoms with Gasteiger partial charge < -0.3 is 4.74 Å². The molecule has 0 atom stereocenters. The van der Waals surface area contributed by atoms with Crippen LogP contribution in [-0.4, -0.2) is 23.4 Å². The van der Waals surface area contributed by atoms with Gasteiger partial charge in [-0.2, -0.15) is 0 Å². The van der Waals surface area contributed by atoms with Crippen LogP contribution in [0, 0.1) is 0 Å². The van der Waals surface area contributed by atoms with E-state index in [2.05, 4.69) is 10.2 Å². The van der Waals surface area contributed by atoms with Gasteiger partial charge in [0.2, 0.25) is 0 Å². The highest BCUT2D eigenvalue weighted by Gasteiger charge is 2.01. The van der Waals surface area contributed by atoms with Gasteiger partial charge in [0, 0.05) is 19.6 Å². The minimum Gasteiger partial charge on any atom is -0.382 e. The summed E-state index contributed by atoms with van der Waals surface area (Å²) >= 11 is 7.19. The zero-order valence-corrected chi connectivity index (χ0v) is 9.20. The molecule has 0 aromatic carbocycles. The van der Waals surface area contributed by atoms with Crippen molar-refractivity contribution in [3.63, 3.8) is 0 Å². The quantitative estimate of drug-likeness (QED) is 0.545. The van der Waals surface area contributed by atoms with Gasteiger partial charge in [0.15, 0.2) is 0 Å². The lowest BCUT2D eigenvalue weighted by Gasteiger charge is -1.97. The van der Waals surface area contributed by atoms with E-state index in [-0.39, 0.29) is 0 Å². The largest absolute Gasteiger partial charge is 0.382 e. The van der Waals surface area contributed by atoms with Crippen molar-refractivity contribution in [1.82, 2.24) is 10.2 Å². The summed E-state index contributed by atoms with van der Waals surface area (Å²) in [4.78, 5) is 0. The molecule has 0 spiro atoms. The van der Waals surface area contributed by atoms with E-state index in [0.29, 0.717) is 5.88 Å². The van der Waals surface area contributed by atoms with Crippen LogP contribution in [0.3, 0.4) is 0 Å². The Morgan fingerprint density at radius 3 is 2.77 bits per heavy atom. The second-order valence-electron chi connectivity index (χ2n) is 2.52. The lowest BCUT2D eigenvalue weighted by molar-refractivity contribution is 0.145. The number of nitrogens with zero attached hydrogens (tertiary/aromatic N) is 2. The highest BCUT2D eigenvalue weighted by Crippen LogP contribution is 2.13. The zero-order chi connectivity index (χ0) is 9.52. The molecule has 1 aromatic heterocycles. The highest BCUT2D eigenvalue weighted by atomic mass is 35.5. The van der Waals surface area contributed by atoms with Gasteiger partial charge >= 0.3 is 0 Å². The number of alkyl halides is 1. The molecule has 0 aliphatic carbocycles. The molecular formula is C8H13ClN2OS. The average molecular weight is 221 g/mol. The number of aryl methyl sites for hydroxylation is 1. The number of aromatic nitrogens is 2. The summed E-state index contributed by atoms with van der Waals surface area (Å²) < 4.78 is 5.22. The van der Waals surface area contributed by atoms with Crippen LogP contribution in [0.2, 0.25) is 0 Å². The van der Waals surface area contributed by atoms with E-state index in [9.17, 15) is 0 Å². The van der Waals surface area contributed by atoms with Crippen molar-refractivity contribution in [2.45, 2.75) is 25.6 Å². The van der Waals surface area contributed by atoms with Crippen molar-refractivity contribution in [3.05, 3.63) is 10.0 Å². The van der Waals surface area contributed by atoms with Crippen LogP contribution in [0.1, 0.15) is 23.4 Å². The fourth-order valence-corrected chi connectivity index (χ4v) is 1.87.